The Kier molecular flexibility index (Phi) is 3.52. The topological polar surface area (TPSA) is 61.7 Å². The molecule has 0 radical (unpaired) electrons. The fourth-order valence-corrected chi connectivity index (χ4v) is 2.96. The summed E-state index contributed by atoms with van der Waals surface area (Å²) in [6.07, 6.45) is 2.17. The van der Waals surface area contributed by atoms with Gasteiger partial charge in [0.2, 0.25) is 0 Å². The lowest BCUT2D eigenvalue weighted by atomic mass is 10.0. The van der Waals surface area contributed by atoms with Gasteiger partial charge in [-0.25, -0.2) is 0 Å². The van der Waals surface area contributed by atoms with Crippen molar-refractivity contribution >= 4 is 5.82 Å². The van der Waals surface area contributed by atoms with Gasteiger partial charge in [0.25, 0.3) is 0 Å². The van der Waals surface area contributed by atoms with E-state index in [1.165, 1.54) is 0 Å². The molecular formula is C13H20N4O2. The third-order valence-corrected chi connectivity index (χ3v) is 3.90. The van der Waals surface area contributed by atoms with Crippen molar-refractivity contribution in [1.29, 1.82) is 0 Å². The van der Waals surface area contributed by atoms with Crippen LogP contribution in [0.15, 0.2) is 12.3 Å². The van der Waals surface area contributed by atoms with Crippen LogP contribution in [0.5, 0.6) is 5.75 Å². The van der Waals surface area contributed by atoms with Gasteiger partial charge in [0, 0.05) is 25.2 Å². The molecular weight excluding hydrogens is 244 g/mol. The van der Waals surface area contributed by atoms with Crippen molar-refractivity contribution in [2.45, 2.75) is 25.5 Å². The smallest absolute Gasteiger partial charge is 0.194 e. The van der Waals surface area contributed by atoms with E-state index in [1.807, 2.05) is 6.07 Å². The van der Waals surface area contributed by atoms with Crippen molar-refractivity contribution < 1.29 is 9.84 Å². The molecule has 0 amide bonds. The zero-order valence-corrected chi connectivity index (χ0v) is 11.2. The van der Waals surface area contributed by atoms with E-state index in [9.17, 15) is 5.11 Å². The van der Waals surface area contributed by atoms with E-state index in [0.717, 1.165) is 44.2 Å². The Labute approximate surface area is 113 Å². The van der Waals surface area contributed by atoms with E-state index in [4.69, 9.17) is 4.74 Å². The molecule has 0 saturated carbocycles. The third-order valence-electron chi connectivity index (χ3n) is 3.90. The maximum Gasteiger partial charge on any atom is 0.194 e. The molecule has 2 aliphatic rings. The lowest BCUT2D eigenvalue weighted by molar-refractivity contribution is 0.0594. The van der Waals surface area contributed by atoms with Gasteiger partial charge >= 0.3 is 0 Å². The molecule has 2 atom stereocenters. The van der Waals surface area contributed by atoms with Crippen LogP contribution >= 0.6 is 0 Å². The molecule has 2 aliphatic heterocycles. The fourth-order valence-electron chi connectivity index (χ4n) is 2.96. The number of likely N-dealkylation sites (tertiary alicyclic amines) is 1. The number of nitrogens with zero attached hydrogens (tertiary/aromatic N) is 4. The number of anilines is 1. The van der Waals surface area contributed by atoms with Crippen LogP contribution in [-0.4, -0.2) is 65.1 Å². The van der Waals surface area contributed by atoms with Gasteiger partial charge in [-0.15, -0.1) is 5.10 Å². The summed E-state index contributed by atoms with van der Waals surface area (Å²) in [5.41, 5.74) is 0. The van der Waals surface area contributed by atoms with Gasteiger partial charge in [-0.3, -0.25) is 4.90 Å². The van der Waals surface area contributed by atoms with Crippen molar-refractivity contribution in [3.05, 3.63) is 12.3 Å². The van der Waals surface area contributed by atoms with Gasteiger partial charge in [0.15, 0.2) is 11.6 Å². The second kappa shape index (κ2) is 5.30. The number of hydrogen-bond donors (Lipinski definition) is 1. The predicted octanol–water partition coefficient (Wildman–Crippen LogP) is 0.130. The lowest BCUT2D eigenvalue weighted by Crippen LogP contribution is -2.54. The molecule has 6 heteroatoms. The second-order valence-electron chi connectivity index (χ2n) is 5.16. The third kappa shape index (κ3) is 2.50. The zero-order chi connectivity index (χ0) is 13.2. The number of fused-ring (bicyclic) bond motifs is 1. The number of ether oxygens (including phenoxy) is 1. The van der Waals surface area contributed by atoms with E-state index >= 15 is 0 Å². The highest BCUT2D eigenvalue weighted by Crippen LogP contribution is 2.31. The van der Waals surface area contributed by atoms with Crippen LogP contribution in [0.1, 0.15) is 13.3 Å². The number of aliphatic hydroxyl groups excluding tert-OH is 1. The Morgan fingerprint density at radius 1 is 1.47 bits per heavy atom. The van der Waals surface area contributed by atoms with Gasteiger partial charge < -0.3 is 14.7 Å². The van der Waals surface area contributed by atoms with E-state index in [1.54, 1.807) is 6.20 Å². The summed E-state index contributed by atoms with van der Waals surface area (Å²) in [6, 6.07) is 2.13. The number of hydrogen-bond acceptors (Lipinski definition) is 6. The van der Waals surface area contributed by atoms with Gasteiger partial charge in [-0.2, -0.15) is 5.10 Å². The zero-order valence-electron chi connectivity index (χ0n) is 11.2. The molecule has 0 aliphatic carbocycles. The molecule has 1 fully saturated rings. The molecule has 1 saturated heterocycles. The van der Waals surface area contributed by atoms with Gasteiger partial charge in [0.1, 0.15) is 6.61 Å². The van der Waals surface area contributed by atoms with Gasteiger partial charge in [0.05, 0.1) is 18.8 Å². The first-order valence-corrected chi connectivity index (χ1v) is 6.89. The summed E-state index contributed by atoms with van der Waals surface area (Å²) in [5.74, 6) is 1.60. The molecule has 0 unspecified atom stereocenters. The number of aromatic nitrogens is 2. The summed E-state index contributed by atoms with van der Waals surface area (Å²) in [5, 5.41) is 18.2. The Balaban J connectivity index is 1.82. The first kappa shape index (κ1) is 12.6. The quantitative estimate of drug-likeness (QED) is 0.819. The maximum atomic E-state index is 10.0. The van der Waals surface area contributed by atoms with Crippen LogP contribution in [0.2, 0.25) is 0 Å². The molecule has 0 aromatic carbocycles. The minimum atomic E-state index is -0.262. The van der Waals surface area contributed by atoms with Crippen molar-refractivity contribution in [2.24, 2.45) is 0 Å². The highest BCUT2D eigenvalue weighted by Gasteiger charge is 2.33. The van der Waals surface area contributed by atoms with E-state index < -0.39 is 0 Å². The molecule has 1 N–H and O–H groups in total. The average Bonchev–Trinajstić information content (AvgIpc) is 2.46. The maximum absolute atomic E-state index is 10.0. The summed E-state index contributed by atoms with van der Waals surface area (Å²) < 4.78 is 5.60. The van der Waals surface area contributed by atoms with Crippen LogP contribution in [-0.2, 0) is 0 Å². The highest BCUT2D eigenvalue weighted by molar-refractivity contribution is 5.53. The number of β-amino-alcohol motifs (C(OH)–C–C–N with tert-alkyl or cyclic N) is 1. The normalized spacial score (nSPS) is 27.8. The summed E-state index contributed by atoms with van der Waals surface area (Å²) >= 11 is 0. The minimum absolute atomic E-state index is 0.262. The second-order valence-corrected chi connectivity index (χ2v) is 5.16. The van der Waals surface area contributed by atoms with Gasteiger partial charge in [-0.05, 0) is 13.0 Å². The molecule has 1 aromatic heterocycles. The fraction of sp³-hybridized carbons (Fsp3) is 0.692. The Morgan fingerprint density at radius 2 is 2.37 bits per heavy atom. The molecule has 19 heavy (non-hydrogen) atoms. The van der Waals surface area contributed by atoms with Gasteiger partial charge in [-0.1, -0.05) is 6.92 Å². The SMILES string of the molecule is CCN1C[C@@H](O)C[C@@H](N2CCOc3ccnnc32)C1. The monoisotopic (exact) mass is 264 g/mol. The number of aliphatic hydroxyl groups is 1. The van der Waals surface area contributed by atoms with Crippen LogP contribution in [0, 0.1) is 0 Å². The number of rotatable bonds is 2. The van der Waals surface area contributed by atoms with E-state index in [0.29, 0.717) is 6.61 Å². The minimum Gasteiger partial charge on any atom is -0.488 e. The first-order chi connectivity index (χ1) is 9.28. The number of piperidine rings is 1. The van der Waals surface area contributed by atoms with Crippen LogP contribution in [0.4, 0.5) is 5.82 Å². The predicted molar refractivity (Wildman–Crippen MR) is 71.4 cm³/mol. The Bertz CT molecular complexity index is 442. The number of likely N-dealkylation sites (N-methyl/N-ethyl adjacent to an activating group) is 1. The largest absolute Gasteiger partial charge is 0.488 e. The molecule has 3 rings (SSSR count). The van der Waals surface area contributed by atoms with E-state index in [2.05, 4.69) is 26.9 Å². The highest BCUT2D eigenvalue weighted by atomic mass is 16.5. The molecule has 104 valence electrons. The van der Waals surface area contributed by atoms with Crippen molar-refractivity contribution in [3.63, 3.8) is 0 Å². The van der Waals surface area contributed by atoms with Crippen molar-refractivity contribution in [1.82, 2.24) is 15.1 Å². The Morgan fingerprint density at radius 3 is 3.21 bits per heavy atom. The van der Waals surface area contributed by atoms with Crippen LogP contribution in [0.25, 0.3) is 0 Å². The van der Waals surface area contributed by atoms with Crippen LogP contribution < -0.4 is 9.64 Å². The molecule has 3 heterocycles. The lowest BCUT2D eigenvalue weighted by Gasteiger charge is -2.42. The van der Waals surface area contributed by atoms with Crippen molar-refractivity contribution in [3.8, 4) is 5.75 Å². The van der Waals surface area contributed by atoms with E-state index in [-0.39, 0.29) is 12.1 Å². The molecule has 1 aromatic rings. The first-order valence-electron chi connectivity index (χ1n) is 6.89. The van der Waals surface area contributed by atoms with Crippen molar-refractivity contribution in [2.75, 3.05) is 37.7 Å². The molecule has 0 spiro atoms. The summed E-state index contributed by atoms with van der Waals surface area (Å²) in [6.45, 7) is 6.29. The van der Waals surface area contributed by atoms with Crippen LogP contribution in [0.3, 0.4) is 0 Å². The summed E-state index contributed by atoms with van der Waals surface area (Å²) in [4.78, 5) is 4.52. The Hall–Kier alpha value is -1.40. The standard InChI is InChI=1S/C13H20N4O2/c1-2-16-8-10(7-11(18)9-16)17-5-6-19-12-3-4-14-15-13(12)17/h3-4,10-11,18H,2,5-9H2,1H3/t10-,11+/m1/s1. The average molecular weight is 264 g/mol. The molecule has 0 bridgehead atoms. The summed E-state index contributed by atoms with van der Waals surface area (Å²) in [7, 11) is 0. The molecule has 6 nitrogen and oxygen atoms in total.